The molecule has 0 aliphatic rings. The van der Waals surface area contributed by atoms with Gasteiger partial charge in [0.25, 0.3) is 0 Å². The number of hydrogen-bond donors (Lipinski definition) is 1. The molecule has 5 nitrogen and oxygen atoms in total. The summed E-state index contributed by atoms with van der Waals surface area (Å²) in [6, 6.07) is 8.29. The molecule has 15 heavy (non-hydrogen) atoms. The molecule has 1 atom stereocenters. The Hall–Kier alpha value is -1.43. The molecule has 0 radical (unpaired) electrons. The number of carboxylic acid groups (broad SMARTS) is 1. The molecule has 0 fully saturated rings. The van der Waals surface area contributed by atoms with Crippen molar-refractivity contribution < 1.29 is 24.4 Å². The maximum Gasteiger partial charge on any atom is 0.372 e. The number of rotatable bonds is 5. The summed E-state index contributed by atoms with van der Waals surface area (Å²) in [5.74, 6) is -3.20. The van der Waals surface area contributed by atoms with Crippen molar-refractivity contribution >= 4 is 5.97 Å². The molecule has 1 unspecified atom stereocenters. The Morgan fingerprint density at radius 2 is 1.87 bits per heavy atom. The third-order valence-electron chi connectivity index (χ3n) is 1.92. The van der Waals surface area contributed by atoms with Gasteiger partial charge >= 0.3 is 11.8 Å². The molecular weight excluding hydrogens is 200 g/mol. The Labute approximate surface area is 87.1 Å². The van der Waals surface area contributed by atoms with Crippen LogP contribution >= 0.6 is 0 Å². The Kier molecular flexibility index (Phi) is 3.79. The first kappa shape index (κ1) is 11.6. The van der Waals surface area contributed by atoms with Gasteiger partial charge in [-0.3, -0.25) is 0 Å². The molecular formula is C10H12O5. The van der Waals surface area contributed by atoms with Gasteiger partial charge in [-0.05, 0) is 0 Å². The molecule has 82 valence electrons. The van der Waals surface area contributed by atoms with Crippen LogP contribution in [0.3, 0.4) is 0 Å². The molecule has 0 spiro atoms. The van der Waals surface area contributed by atoms with Crippen LogP contribution < -0.4 is 0 Å². The summed E-state index contributed by atoms with van der Waals surface area (Å²) in [6.45, 7) is 0. The molecule has 1 rings (SSSR count). The van der Waals surface area contributed by atoms with Crippen LogP contribution in [0, 0.1) is 0 Å². The van der Waals surface area contributed by atoms with Crippen molar-refractivity contribution in [2.24, 2.45) is 0 Å². The topological polar surface area (TPSA) is 65.0 Å². The first-order chi connectivity index (χ1) is 7.17. The summed E-state index contributed by atoms with van der Waals surface area (Å²) >= 11 is 0. The predicted molar refractivity (Wildman–Crippen MR) is 50.9 cm³/mol. The van der Waals surface area contributed by atoms with E-state index in [1.165, 1.54) is 14.2 Å². The molecule has 5 heteroatoms. The molecule has 0 saturated carbocycles. The third-order valence-corrected chi connectivity index (χ3v) is 1.92. The first-order valence-corrected chi connectivity index (χ1v) is 4.23. The number of aliphatic carboxylic acids is 1. The zero-order valence-corrected chi connectivity index (χ0v) is 8.47. The van der Waals surface area contributed by atoms with Crippen molar-refractivity contribution in [2.45, 2.75) is 5.79 Å². The second-order valence-electron chi connectivity index (χ2n) is 2.74. The van der Waals surface area contributed by atoms with Crippen LogP contribution in [-0.2, 0) is 25.1 Å². The van der Waals surface area contributed by atoms with Crippen LogP contribution in [0.2, 0.25) is 0 Å². The van der Waals surface area contributed by atoms with E-state index in [0.717, 1.165) is 0 Å². The lowest BCUT2D eigenvalue weighted by Gasteiger charge is -2.25. The molecule has 0 aromatic heterocycles. The van der Waals surface area contributed by atoms with E-state index < -0.39 is 11.8 Å². The Bertz CT molecular complexity index is 324. The molecule has 1 N–H and O–H groups in total. The highest BCUT2D eigenvalue weighted by Gasteiger charge is 2.43. The second-order valence-corrected chi connectivity index (χ2v) is 2.74. The molecule has 0 amide bonds. The Balaban J connectivity index is 3.15. The van der Waals surface area contributed by atoms with Gasteiger partial charge in [-0.2, -0.15) is 4.89 Å². The maximum absolute atomic E-state index is 11.1. The van der Waals surface area contributed by atoms with Crippen LogP contribution in [0.25, 0.3) is 0 Å². The normalized spacial score (nSPS) is 14.5. The summed E-state index contributed by atoms with van der Waals surface area (Å²) in [4.78, 5) is 20.2. The van der Waals surface area contributed by atoms with Crippen LogP contribution in [0.15, 0.2) is 30.3 Å². The largest absolute Gasteiger partial charge is 0.477 e. The minimum absolute atomic E-state index is 0.349. The van der Waals surface area contributed by atoms with E-state index in [1.54, 1.807) is 30.3 Å². The minimum Gasteiger partial charge on any atom is -0.477 e. The van der Waals surface area contributed by atoms with Crippen LogP contribution in [-0.4, -0.2) is 25.3 Å². The highest BCUT2D eigenvalue weighted by Crippen LogP contribution is 2.26. The molecule has 1 aromatic carbocycles. The van der Waals surface area contributed by atoms with E-state index in [1.807, 2.05) is 0 Å². The SMILES string of the molecule is COOC(OC)(C(=O)O)c1ccccc1. The molecule has 0 bridgehead atoms. The summed E-state index contributed by atoms with van der Waals surface area (Å²) in [5, 5.41) is 9.08. The van der Waals surface area contributed by atoms with E-state index in [4.69, 9.17) is 14.7 Å². The van der Waals surface area contributed by atoms with Gasteiger partial charge in [-0.25, -0.2) is 9.68 Å². The third kappa shape index (κ3) is 2.15. The first-order valence-electron chi connectivity index (χ1n) is 4.23. The fourth-order valence-electron chi connectivity index (χ4n) is 1.22. The Morgan fingerprint density at radius 3 is 2.27 bits per heavy atom. The number of methoxy groups -OCH3 is 1. The van der Waals surface area contributed by atoms with Gasteiger partial charge in [0.2, 0.25) is 0 Å². The van der Waals surface area contributed by atoms with E-state index >= 15 is 0 Å². The smallest absolute Gasteiger partial charge is 0.372 e. The number of carboxylic acids is 1. The van der Waals surface area contributed by atoms with Gasteiger partial charge in [-0.1, -0.05) is 30.3 Å². The summed E-state index contributed by atoms with van der Waals surface area (Å²) < 4.78 is 4.88. The van der Waals surface area contributed by atoms with Gasteiger partial charge in [0, 0.05) is 12.7 Å². The quantitative estimate of drug-likeness (QED) is 0.450. The molecule has 1 aromatic rings. The van der Waals surface area contributed by atoms with Gasteiger partial charge in [0.15, 0.2) is 0 Å². The summed E-state index contributed by atoms with van der Waals surface area (Å²) in [6.07, 6.45) is 0. The lowest BCUT2D eigenvalue weighted by Crippen LogP contribution is -2.40. The average Bonchev–Trinajstić information content (AvgIpc) is 2.26. The molecule has 0 saturated heterocycles. The predicted octanol–water partition coefficient (Wildman–Crippen LogP) is 1.15. The minimum atomic E-state index is -1.92. The van der Waals surface area contributed by atoms with E-state index in [0.29, 0.717) is 5.56 Å². The van der Waals surface area contributed by atoms with Crippen LogP contribution in [0.5, 0.6) is 0 Å². The number of ether oxygens (including phenoxy) is 1. The highest BCUT2D eigenvalue weighted by atomic mass is 17.2. The van der Waals surface area contributed by atoms with Crippen molar-refractivity contribution in [1.82, 2.24) is 0 Å². The van der Waals surface area contributed by atoms with Crippen molar-refractivity contribution in [1.29, 1.82) is 0 Å². The molecule has 0 heterocycles. The summed E-state index contributed by atoms with van der Waals surface area (Å²) in [7, 11) is 2.46. The lowest BCUT2D eigenvalue weighted by atomic mass is 10.1. The van der Waals surface area contributed by atoms with Crippen molar-refractivity contribution in [2.75, 3.05) is 14.2 Å². The highest BCUT2D eigenvalue weighted by molar-refractivity contribution is 5.77. The lowest BCUT2D eigenvalue weighted by molar-refractivity contribution is -0.407. The van der Waals surface area contributed by atoms with Crippen molar-refractivity contribution in [3.05, 3.63) is 35.9 Å². The zero-order valence-electron chi connectivity index (χ0n) is 8.47. The monoisotopic (exact) mass is 212 g/mol. The van der Waals surface area contributed by atoms with Crippen molar-refractivity contribution in [3.63, 3.8) is 0 Å². The average molecular weight is 212 g/mol. The second kappa shape index (κ2) is 4.88. The standard InChI is InChI=1S/C10H12O5/c1-13-10(9(11)12,15-14-2)8-6-4-3-5-7-8/h3-7H,1-2H3,(H,11,12). The molecule has 0 aliphatic carbocycles. The van der Waals surface area contributed by atoms with Gasteiger partial charge < -0.3 is 9.84 Å². The fourth-order valence-corrected chi connectivity index (χ4v) is 1.22. The van der Waals surface area contributed by atoms with Crippen LogP contribution in [0.1, 0.15) is 5.56 Å². The number of carbonyl (C=O) groups is 1. The summed E-state index contributed by atoms with van der Waals surface area (Å²) in [5.41, 5.74) is 0.349. The van der Waals surface area contributed by atoms with Gasteiger partial charge in [-0.15, -0.1) is 0 Å². The molecule has 0 aliphatic heterocycles. The van der Waals surface area contributed by atoms with Gasteiger partial charge in [0.1, 0.15) is 0 Å². The number of benzene rings is 1. The maximum atomic E-state index is 11.1. The van der Waals surface area contributed by atoms with E-state index in [9.17, 15) is 4.79 Å². The number of hydrogen-bond acceptors (Lipinski definition) is 4. The zero-order chi connectivity index (χ0) is 11.3. The Morgan fingerprint density at radius 1 is 1.27 bits per heavy atom. The van der Waals surface area contributed by atoms with Crippen LogP contribution in [0.4, 0.5) is 0 Å². The van der Waals surface area contributed by atoms with Crippen molar-refractivity contribution in [3.8, 4) is 0 Å². The van der Waals surface area contributed by atoms with E-state index in [-0.39, 0.29) is 0 Å². The fraction of sp³-hybridized carbons (Fsp3) is 0.300. The van der Waals surface area contributed by atoms with E-state index in [2.05, 4.69) is 4.89 Å². The van der Waals surface area contributed by atoms with Gasteiger partial charge in [0.05, 0.1) is 7.11 Å².